The number of aryl methyl sites for hydroxylation is 1. The van der Waals surface area contributed by atoms with E-state index in [2.05, 4.69) is 16.4 Å². The number of thiophene rings is 1. The molecule has 172 valence electrons. The van der Waals surface area contributed by atoms with Gasteiger partial charge in [-0.15, -0.1) is 11.3 Å². The van der Waals surface area contributed by atoms with Crippen LogP contribution in [0.3, 0.4) is 0 Å². The van der Waals surface area contributed by atoms with Crippen LogP contribution in [0.4, 0.5) is 5.69 Å². The molecule has 0 aliphatic carbocycles. The zero-order valence-corrected chi connectivity index (χ0v) is 20.1. The molecule has 0 saturated carbocycles. The second-order valence-electron chi connectivity index (χ2n) is 7.96. The van der Waals surface area contributed by atoms with Gasteiger partial charge < -0.3 is 10.2 Å². The van der Waals surface area contributed by atoms with Gasteiger partial charge in [0.1, 0.15) is 0 Å². The number of imidazole rings is 1. The Morgan fingerprint density at radius 2 is 1.91 bits per heavy atom. The summed E-state index contributed by atoms with van der Waals surface area (Å²) in [5.74, 6) is 0.297. The predicted octanol–water partition coefficient (Wildman–Crippen LogP) is 4.94. The van der Waals surface area contributed by atoms with Crippen molar-refractivity contribution in [3.05, 3.63) is 94.4 Å². The van der Waals surface area contributed by atoms with Crippen molar-refractivity contribution in [1.82, 2.24) is 14.9 Å². The lowest BCUT2D eigenvalue weighted by atomic mass is 10.0. The highest BCUT2D eigenvalue weighted by Crippen LogP contribution is 2.28. The van der Waals surface area contributed by atoms with Crippen molar-refractivity contribution >= 4 is 40.6 Å². The Bertz CT molecular complexity index is 1280. The van der Waals surface area contributed by atoms with Crippen LogP contribution in [-0.4, -0.2) is 33.7 Å². The highest BCUT2D eigenvalue weighted by molar-refractivity contribution is 7.99. The van der Waals surface area contributed by atoms with Gasteiger partial charge in [-0.25, -0.2) is 4.98 Å². The number of carbonyl (C=O) groups is 2. The summed E-state index contributed by atoms with van der Waals surface area (Å²) in [5, 5.41) is 5.68. The average molecular weight is 489 g/mol. The maximum absolute atomic E-state index is 13.0. The van der Waals surface area contributed by atoms with Crippen molar-refractivity contribution in [2.75, 3.05) is 17.2 Å². The molecule has 5 rings (SSSR count). The highest BCUT2D eigenvalue weighted by Gasteiger charge is 2.22. The number of carbonyl (C=O) groups excluding carboxylic acids is 2. The molecule has 0 bridgehead atoms. The molecule has 0 saturated heterocycles. The monoisotopic (exact) mass is 488 g/mol. The number of nitrogens with zero attached hydrogens (tertiary/aromatic N) is 3. The van der Waals surface area contributed by atoms with Crippen LogP contribution in [-0.2, 0) is 17.8 Å². The van der Waals surface area contributed by atoms with Gasteiger partial charge in [-0.1, -0.05) is 36.0 Å². The van der Waals surface area contributed by atoms with E-state index in [0.717, 1.165) is 40.8 Å². The molecule has 4 aromatic rings. The van der Waals surface area contributed by atoms with Crippen LogP contribution >= 0.6 is 23.1 Å². The van der Waals surface area contributed by atoms with Crippen LogP contribution in [0.15, 0.2) is 83.6 Å². The third kappa shape index (κ3) is 4.93. The minimum Gasteiger partial charge on any atom is -0.347 e. The normalized spacial score (nSPS) is 12.9. The molecule has 1 aliphatic rings. The lowest BCUT2D eigenvalue weighted by Gasteiger charge is -2.29. The topological polar surface area (TPSA) is 67.2 Å². The van der Waals surface area contributed by atoms with Crippen LogP contribution in [0.1, 0.15) is 27.2 Å². The quantitative estimate of drug-likeness (QED) is 0.375. The number of thioether (sulfide) groups is 1. The van der Waals surface area contributed by atoms with Gasteiger partial charge in [0.25, 0.3) is 5.91 Å². The fraction of sp³-hybridized carbons (Fsp3) is 0.192. The molecule has 2 amide bonds. The molecule has 2 aromatic carbocycles. The minimum absolute atomic E-state index is 0.0875. The standard InChI is InChI=1S/C26H24N4O2S2/c31-24(30-14-3-6-19-5-1-2-8-23(19)30)18-34-26-27-13-15-29(26)21-11-9-20(10-12-21)25(32)28-17-22-7-4-16-33-22/h1-2,4-5,7-13,15-16H,3,6,14,17-18H2,(H,28,32). The summed E-state index contributed by atoms with van der Waals surface area (Å²) >= 11 is 3.04. The maximum atomic E-state index is 13.0. The second-order valence-corrected chi connectivity index (χ2v) is 9.93. The van der Waals surface area contributed by atoms with Crippen molar-refractivity contribution in [2.45, 2.75) is 24.5 Å². The van der Waals surface area contributed by atoms with Crippen LogP contribution in [0.25, 0.3) is 5.69 Å². The summed E-state index contributed by atoms with van der Waals surface area (Å²) in [5.41, 5.74) is 3.75. The van der Waals surface area contributed by atoms with Crippen molar-refractivity contribution in [2.24, 2.45) is 0 Å². The zero-order chi connectivity index (χ0) is 23.3. The van der Waals surface area contributed by atoms with Gasteiger partial charge in [-0.3, -0.25) is 14.2 Å². The number of hydrogen-bond acceptors (Lipinski definition) is 5. The Morgan fingerprint density at radius 1 is 1.06 bits per heavy atom. The number of benzene rings is 2. The number of rotatable bonds is 7. The third-order valence-electron chi connectivity index (χ3n) is 5.75. The van der Waals surface area contributed by atoms with E-state index in [0.29, 0.717) is 17.9 Å². The van der Waals surface area contributed by atoms with E-state index in [1.165, 1.54) is 17.3 Å². The Morgan fingerprint density at radius 3 is 2.74 bits per heavy atom. The minimum atomic E-state index is -0.104. The van der Waals surface area contributed by atoms with Gasteiger partial charge in [0.15, 0.2) is 5.16 Å². The molecule has 3 heterocycles. The molecule has 0 radical (unpaired) electrons. The molecule has 2 aromatic heterocycles. The number of para-hydroxylation sites is 1. The van der Waals surface area contributed by atoms with Crippen LogP contribution in [0.5, 0.6) is 0 Å². The summed E-state index contributed by atoms with van der Waals surface area (Å²) in [4.78, 5) is 32.9. The summed E-state index contributed by atoms with van der Waals surface area (Å²) in [6.45, 7) is 1.27. The lowest BCUT2D eigenvalue weighted by Crippen LogP contribution is -2.36. The van der Waals surface area contributed by atoms with Gasteiger partial charge in [-0.05, 0) is 60.2 Å². The van der Waals surface area contributed by atoms with Crippen LogP contribution in [0, 0.1) is 0 Å². The van der Waals surface area contributed by atoms with E-state index in [4.69, 9.17) is 0 Å². The van der Waals surface area contributed by atoms with Gasteiger partial charge >= 0.3 is 0 Å². The first-order valence-corrected chi connectivity index (χ1v) is 13.0. The van der Waals surface area contributed by atoms with Gasteiger partial charge in [0.05, 0.1) is 12.3 Å². The van der Waals surface area contributed by atoms with Gasteiger partial charge in [0, 0.05) is 40.8 Å². The Kier molecular flexibility index (Phi) is 6.78. The molecule has 0 unspecified atom stereocenters. The molecular formula is C26H24N4O2S2. The first-order chi connectivity index (χ1) is 16.7. The average Bonchev–Trinajstić information content (AvgIpc) is 3.58. The number of anilines is 1. The fourth-order valence-corrected chi connectivity index (χ4v) is 5.54. The van der Waals surface area contributed by atoms with Gasteiger partial charge in [0.2, 0.25) is 5.91 Å². The largest absolute Gasteiger partial charge is 0.347 e. The Hall–Kier alpha value is -3.36. The Balaban J connectivity index is 1.22. The lowest BCUT2D eigenvalue weighted by molar-refractivity contribution is -0.116. The fourth-order valence-electron chi connectivity index (χ4n) is 4.05. The molecule has 1 aliphatic heterocycles. The van der Waals surface area contributed by atoms with Crippen molar-refractivity contribution in [1.29, 1.82) is 0 Å². The van der Waals surface area contributed by atoms with Crippen LogP contribution in [0.2, 0.25) is 0 Å². The molecular weight excluding hydrogens is 464 g/mol. The maximum Gasteiger partial charge on any atom is 0.251 e. The Labute approximate surface area is 206 Å². The van der Waals surface area contributed by atoms with E-state index in [1.807, 2.05) is 75.6 Å². The van der Waals surface area contributed by atoms with Gasteiger partial charge in [-0.2, -0.15) is 0 Å². The van der Waals surface area contributed by atoms with Crippen molar-refractivity contribution < 1.29 is 9.59 Å². The smallest absolute Gasteiger partial charge is 0.251 e. The summed E-state index contributed by atoms with van der Waals surface area (Å²) in [6, 6.07) is 19.5. The first-order valence-electron chi connectivity index (χ1n) is 11.1. The number of nitrogens with one attached hydrogen (secondary N) is 1. The van der Waals surface area contributed by atoms with Crippen molar-refractivity contribution in [3.63, 3.8) is 0 Å². The third-order valence-corrected chi connectivity index (χ3v) is 7.58. The predicted molar refractivity (Wildman–Crippen MR) is 137 cm³/mol. The van der Waals surface area contributed by atoms with E-state index in [1.54, 1.807) is 17.5 Å². The molecule has 8 heteroatoms. The highest BCUT2D eigenvalue weighted by atomic mass is 32.2. The molecule has 0 fully saturated rings. The molecule has 6 nitrogen and oxygen atoms in total. The number of aromatic nitrogens is 2. The summed E-state index contributed by atoms with van der Waals surface area (Å²) < 4.78 is 1.94. The molecule has 1 N–H and O–H groups in total. The molecule has 34 heavy (non-hydrogen) atoms. The first kappa shape index (κ1) is 22.4. The van der Waals surface area contributed by atoms with E-state index in [-0.39, 0.29) is 11.8 Å². The van der Waals surface area contributed by atoms with E-state index >= 15 is 0 Å². The molecule has 0 atom stereocenters. The zero-order valence-electron chi connectivity index (χ0n) is 18.5. The van der Waals surface area contributed by atoms with Crippen LogP contribution < -0.4 is 10.2 Å². The second kappa shape index (κ2) is 10.3. The van der Waals surface area contributed by atoms with Crippen molar-refractivity contribution in [3.8, 4) is 5.69 Å². The number of amides is 2. The number of fused-ring (bicyclic) bond motifs is 1. The van der Waals surface area contributed by atoms with E-state index < -0.39 is 0 Å². The van der Waals surface area contributed by atoms with E-state index in [9.17, 15) is 9.59 Å². The number of hydrogen-bond donors (Lipinski definition) is 1. The summed E-state index contributed by atoms with van der Waals surface area (Å²) in [6.07, 6.45) is 5.59. The summed E-state index contributed by atoms with van der Waals surface area (Å²) in [7, 11) is 0. The SMILES string of the molecule is O=C(NCc1cccs1)c1ccc(-n2ccnc2SCC(=O)N2CCCc3ccccc32)cc1. The molecule has 0 spiro atoms.